The van der Waals surface area contributed by atoms with Gasteiger partial charge in [0.1, 0.15) is 5.82 Å². The van der Waals surface area contributed by atoms with Crippen molar-refractivity contribution in [3.8, 4) is 0 Å². The van der Waals surface area contributed by atoms with E-state index < -0.39 is 5.82 Å². The Labute approximate surface area is 167 Å². The molecule has 0 aromatic heterocycles. The number of ether oxygens (including phenoxy) is 1. The van der Waals surface area contributed by atoms with E-state index in [2.05, 4.69) is 10.6 Å². The largest absolute Gasteiger partial charge is 0.379 e. The standard InChI is InChI=1S/C20H21ClFN3O3/c21-17-2-1-3-18(22)16(17)12-19(26)23-14-4-6-15(7-5-14)24-20(27)13-25-8-10-28-11-9-25/h1-7H,8-13H2,(H,23,26)(H,24,27). The molecule has 0 radical (unpaired) electrons. The minimum atomic E-state index is -0.513. The van der Waals surface area contributed by atoms with Crippen LogP contribution in [0.2, 0.25) is 5.02 Å². The summed E-state index contributed by atoms with van der Waals surface area (Å²) in [6.45, 7) is 3.07. The molecule has 2 N–H and O–H groups in total. The van der Waals surface area contributed by atoms with Gasteiger partial charge < -0.3 is 15.4 Å². The zero-order valence-electron chi connectivity index (χ0n) is 15.2. The highest BCUT2D eigenvalue weighted by atomic mass is 35.5. The first kappa shape index (κ1) is 20.3. The van der Waals surface area contributed by atoms with Gasteiger partial charge in [-0.3, -0.25) is 14.5 Å². The van der Waals surface area contributed by atoms with Crippen molar-refractivity contribution in [3.63, 3.8) is 0 Å². The van der Waals surface area contributed by atoms with Gasteiger partial charge >= 0.3 is 0 Å². The van der Waals surface area contributed by atoms with Gasteiger partial charge in [-0.25, -0.2) is 4.39 Å². The highest BCUT2D eigenvalue weighted by Gasteiger charge is 2.15. The molecule has 1 saturated heterocycles. The number of carbonyl (C=O) groups is 2. The van der Waals surface area contributed by atoms with Crippen LogP contribution in [0.5, 0.6) is 0 Å². The van der Waals surface area contributed by atoms with Crippen LogP contribution in [0.1, 0.15) is 5.56 Å². The summed E-state index contributed by atoms with van der Waals surface area (Å²) in [5.74, 6) is -0.995. The lowest BCUT2D eigenvalue weighted by molar-refractivity contribution is -0.118. The molecular weight excluding hydrogens is 385 g/mol. The third-order valence-electron chi connectivity index (χ3n) is 4.32. The fourth-order valence-corrected chi connectivity index (χ4v) is 3.10. The highest BCUT2D eigenvalue weighted by molar-refractivity contribution is 6.31. The molecule has 1 heterocycles. The second-order valence-electron chi connectivity index (χ2n) is 6.44. The number of nitrogens with zero attached hydrogens (tertiary/aromatic N) is 1. The number of anilines is 2. The summed E-state index contributed by atoms with van der Waals surface area (Å²) in [4.78, 5) is 26.3. The molecule has 8 heteroatoms. The monoisotopic (exact) mass is 405 g/mol. The van der Waals surface area contributed by atoms with Gasteiger partial charge in [-0.1, -0.05) is 17.7 Å². The Morgan fingerprint density at radius 1 is 1.00 bits per heavy atom. The maximum atomic E-state index is 13.8. The summed E-state index contributed by atoms with van der Waals surface area (Å²) in [6, 6.07) is 11.0. The fourth-order valence-electron chi connectivity index (χ4n) is 2.87. The van der Waals surface area contributed by atoms with E-state index in [1.54, 1.807) is 30.3 Å². The van der Waals surface area contributed by atoms with E-state index in [0.717, 1.165) is 13.1 Å². The summed E-state index contributed by atoms with van der Waals surface area (Å²) in [5, 5.41) is 5.73. The van der Waals surface area contributed by atoms with Gasteiger partial charge in [0.05, 0.1) is 26.2 Å². The van der Waals surface area contributed by atoms with Crippen LogP contribution in [0.15, 0.2) is 42.5 Å². The van der Waals surface area contributed by atoms with Crippen molar-refractivity contribution in [1.82, 2.24) is 4.90 Å². The van der Waals surface area contributed by atoms with Gasteiger partial charge in [0.25, 0.3) is 0 Å². The number of benzene rings is 2. The van der Waals surface area contributed by atoms with Gasteiger partial charge in [0.2, 0.25) is 11.8 Å². The van der Waals surface area contributed by atoms with Gasteiger partial charge in [-0.05, 0) is 36.4 Å². The summed E-state index contributed by atoms with van der Waals surface area (Å²) in [6.07, 6.45) is -0.163. The fraction of sp³-hybridized carbons (Fsp3) is 0.300. The van der Waals surface area contributed by atoms with Crippen LogP contribution in [-0.4, -0.2) is 49.6 Å². The molecule has 0 bridgehead atoms. The highest BCUT2D eigenvalue weighted by Crippen LogP contribution is 2.20. The maximum Gasteiger partial charge on any atom is 0.238 e. The van der Waals surface area contributed by atoms with E-state index in [1.807, 2.05) is 4.90 Å². The van der Waals surface area contributed by atoms with Crippen molar-refractivity contribution in [2.75, 3.05) is 43.5 Å². The second-order valence-corrected chi connectivity index (χ2v) is 6.85. The summed E-state index contributed by atoms with van der Waals surface area (Å²) in [7, 11) is 0. The van der Waals surface area contributed by atoms with Gasteiger partial charge in [0.15, 0.2) is 0 Å². The number of hydrogen-bond donors (Lipinski definition) is 2. The molecule has 6 nitrogen and oxygen atoms in total. The van der Waals surface area contributed by atoms with E-state index in [0.29, 0.717) is 31.1 Å². The molecule has 1 aliphatic rings. The molecular formula is C20H21ClFN3O3. The molecule has 3 rings (SSSR count). The summed E-state index contributed by atoms with van der Waals surface area (Å²) in [5.41, 5.74) is 1.34. The predicted octanol–water partition coefficient (Wildman–Crippen LogP) is 2.93. The van der Waals surface area contributed by atoms with Crippen molar-refractivity contribution in [2.45, 2.75) is 6.42 Å². The molecule has 0 saturated carbocycles. The molecule has 1 fully saturated rings. The lowest BCUT2D eigenvalue weighted by Crippen LogP contribution is -2.41. The average molecular weight is 406 g/mol. The quantitative estimate of drug-likeness (QED) is 0.775. The smallest absolute Gasteiger partial charge is 0.238 e. The van der Waals surface area contributed by atoms with Gasteiger partial charge in [-0.2, -0.15) is 0 Å². The average Bonchev–Trinajstić information content (AvgIpc) is 2.67. The first-order valence-corrected chi connectivity index (χ1v) is 9.32. The lowest BCUT2D eigenvalue weighted by Gasteiger charge is -2.25. The number of hydrogen-bond acceptors (Lipinski definition) is 4. The van der Waals surface area contributed by atoms with Crippen LogP contribution < -0.4 is 10.6 Å². The first-order valence-electron chi connectivity index (χ1n) is 8.94. The third kappa shape index (κ3) is 5.76. The van der Waals surface area contributed by atoms with E-state index in [-0.39, 0.29) is 28.8 Å². The van der Waals surface area contributed by atoms with E-state index in [9.17, 15) is 14.0 Å². The van der Waals surface area contributed by atoms with Gasteiger partial charge in [0, 0.05) is 35.1 Å². The van der Waals surface area contributed by atoms with Crippen LogP contribution in [0, 0.1) is 5.82 Å². The van der Waals surface area contributed by atoms with Crippen molar-refractivity contribution in [1.29, 1.82) is 0 Å². The molecule has 0 aliphatic carbocycles. The SMILES string of the molecule is O=C(Cc1c(F)cccc1Cl)Nc1ccc(NC(=O)CN2CCOCC2)cc1. The maximum absolute atomic E-state index is 13.8. The topological polar surface area (TPSA) is 70.7 Å². The summed E-state index contributed by atoms with van der Waals surface area (Å²) >= 11 is 5.95. The predicted molar refractivity (Wildman–Crippen MR) is 106 cm³/mol. The number of rotatable bonds is 6. The lowest BCUT2D eigenvalue weighted by atomic mass is 10.1. The number of amides is 2. The normalized spacial score (nSPS) is 14.5. The van der Waals surface area contributed by atoms with E-state index >= 15 is 0 Å². The summed E-state index contributed by atoms with van der Waals surface area (Å²) < 4.78 is 19.0. The van der Waals surface area contributed by atoms with Crippen molar-refractivity contribution in [3.05, 3.63) is 58.9 Å². The Kier molecular flexibility index (Phi) is 6.97. The molecule has 2 amide bonds. The molecule has 0 spiro atoms. The first-order chi connectivity index (χ1) is 13.5. The van der Waals surface area contributed by atoms with E-state index in [1.165, 1.54) is 12.1 Å². The third-order valence-corrected chi connectivity index (χ3v) is 4.68. The van der Waals surface area contributed by atoms with Crippen LogP contribution in [0.3, 0.4) is 0 Å². The molecule has 2 aromatic carbocycles. The van der Waals surface area contributed by atoms with Gasteiger partial charge in [-0.15, -0.1) is 0 Å². The van der Waals surface area contributed by atoms with Crippen LogP contribution in [-0.2, 0) is 20.7 Å². The van der Waals surface area contributed by atoms with Crippen LogP contribution >= 0.6 is 11.6 Å². The zero-order chi connectivity index (χ0) is 19.9. The Balaban J connectivity index is 1.51. The van der Waals surface area contributed by atoms with Crippen LogP contribution in [0.25, 0.3) is 0 Å². The molecule has 2 aromatic rings. The minimum Gasteiger partial charge on any atom is -0.379 e. The van der Waals surface area contributed by atoms with E-state index in [4.69, 9.17) is 16.3 Å². The Morgan fingerprint density at radius 2 is 1.61 bits per heavy atom. The molecule has 0 unspecified atom stereocenters. The molecule has 28 heavy (non-hydrogen) atoms. The Morgan fingerprint density at radius 3 is 2.21 bits per heavy atom. The Hall–Kier alpha value is -2.48. The van der Waals surface area contributed by atoms with Crippen LogP contribution in [0.4, 0.5) is 15.8 Å². The minimum absolute atomic E-state index is 0.104. The van der Waals surface area contributed by atoms with Crippen molar-refractivity contribution >= 4 is 34.8 Å². The Bertz CT molecular complexity index is 819. The molecule has 148 valence electrons. The molecule has 1 aliphatic heterocycles. The zero-order valence-corrected chi connectivity index (χ0v) is 16.0. The number of morpholine rings is 1. The number of carbonyl (C=O) groups excluding carboxylic acids is 2. The van der Waals surface area contributed by atoms with Crippen molar-refractivity contribution in [2.24, 2.45) is 0 Å². The number of nitrogens with one attached hydrogen (secondary N) is 2. The second kappa shape index (κ2) is 9.64. The van der Waals surface area contributed by atoms with Crippen molar-refractivity contribution < 1.29 is 18.7 Å². The number of halogens is 2. The molecule has 0 atom stereocenters.